The molecule has 0 bridgehead atoms. The number of aromatic nitrogens is 1. The maximum atomic E-state index is 5.42. The maximum Gasteiger partial charge on any atom is 0.191 e. The lowest BCUT2D eigenvalue weighted by Crippen LogP contribution is -2.75. The van der Waals surface area contributed by atoms with Gasteiger partial charge in [0.1, 0.15) is 0 Å². The monoisotopic (exact) mass is 954 g/mol. The van der Waals surface area contributed by atoms with Gasteiger partial charge in [0, 0.05) is 16.3 Å². The molecule has 1 nitrogen and oxygen atoms in total. The minimum absolute atomic E-state index is 0.0383. The van der Waals surface area contributed by atoms with Crippen LogP contribution in [0, 0.1) is 6.92 Å². The van der Waals surface area contributed by atoms with Crippen LogP contribution in [0.15, 0.2) is 103 Å². The highest BCUT2D eigenvalue weighted by atomic mass is 32.1. The molecule has 0 aliphatic carbocycles. The molecule has 0 fully saturated rings. The largest absolute Gasteiger partial charge is 0.255 e. The standard InChI is InChI=1S/C66H87NSSi/c1-23-66(22,24-2)56-32-44(31-43-27-25-26-28-55(43)56)57-58-54(29-30-67-57)42(3)59(68-58)69(51-36-45(60(4,5)6)33-46(37-51)61(7,8)9,52-38-47(62(10,11)12)34-48(39-52)63(13,14)15)53-40-49(64(16,17)18)35-50(41-53)65(19,20)21/h25-41H,23-24H2,1-22H3. The number of rotatable bonds is 8. The van der Waals surface area contributed by atoms with Gasteiger partial charge in [-0.25, -0.2) is 0 Å². The normalized spacial score (nSPS) is 13.8. The van der Waals surface area contributed by atoms with Gasteiger partial charge >= 0.3 is 0 Å². The molecule has 3 heteroatoms. The Morgan fingerprint density at radius 3 is 1.19 bits per heavy atom. The van der Waals surface area contributed by atoms with E-state index in [1.54, 1.807) is 0 Å². The van der Waals surface area contributed by atoms with Crippen molar-refractivity contribution in [3.63, 3.8) is 0 Å². The molecule has 69 heavy (non-hydrogen) atoms. The van der Waals surface area contributed by atoms with Crippen molar-refractivity contribution in [2.45, 2.75) is 203 Å². The fourth-order valence-corrected chi connectivity index (χ4v) is 18.1. The molecule has 7 aromatic rings. The Hall–Kier alpha value is -4.31. The second-order valence-corrected chi connectivity index (χ2v) is 32.4. The molecule has 0 radical (unpaired) electrons. The first-order chi connectivity index (χ1) is 31.6. The van der Waals surface area contributed by atoms with E-state index in [9.17, 15) is 0 Å². The Morgan fingerprint density at radius 2 is 0.826 bits per heavy atom. The molecule has 2 heterocycles. The molecule has 0 aliphatic heterocycles. The van der Waals surface area contributed by atoms with Gasteiger partial charge in [-0.05, 0) is 152 Å². The highest BCUT2D eigenvalue weighted by molar-refractivity contribution is 7.40. The zero-order valence-electron chi connectivity index (χ0n) is 47.1. The van der Waals surface area contributed by atoms with Crippen LogP contribution >= 0.6 is 11.3 Å². The van der Waals surface area contributed by atoms with Crippen molar-refractivity contribution < 1.29 is 0 Å². The summed E-state index contributed by atoms with van der Waals surface area (Å²) in [6.07, 6.45) is 4.24. The van der Waals surface area contributed by atoms with E-state index in [1.165, 1.54) is 91.0 Å². The second kappa shape index (κ2) is 17.8. The highest BCUT2D eigenvalue weighted by Crippen LogP contribution is 2.42. The summed E-state index contributed by atoms with van der Waals surface area (Å²) in [7, 11) is -3.32. The number of hydrogen-bond donors (Lipinski definition) is 0. The van der Waals surface area contributed by atoms with Gasteiger partial charge in [-0.15, -0.1) is 11.3 Å². The van der Waals surface area contributed by atoms with Gasteiger partial charge in [0.2, 0.25) is 0 Å². The van der Waals surface area contributed by atoms with E-state index in [4.69, 9.17) is 4.98 Å². The Labute approximate surface area is 425 Å². The third-order valence-electron chi connectivity index (χ3n) is 15.8. The van der Waals surface area contributed by atoms with Crippen molar-refractivity contribution >= 4 is 60.3 Å². The summed E-state index contributed by atoms with van der Waals surface area (Å²) < 4.78 is 2.79. The van der Waals surface area contributed by atoms with Crippen LogP contribution in [0.1, 0.15) is 203 Å². The number of hydrogen-bond acceptors (Lipinski definition) is 2. The van der Waals surface area contributed by atoms with Crippen molar-refractivity contribution in [2.75, 3.05) is 0 Å². The van der Waals surface area contributed by atoms with Gasteiger partial charge in [-0.2, -0.15) is 0 Å². The molecule has 0 amide bonds. The van der Waals surface area contributed by atoms with Gasteiger partial charge in [-0.1, -0.05) is 224 Å². The summed E-state index contributed by atoms with van der Waals surface area (Å²) in [6.45, 7) is 52.9. The van der Waals surface area contributed by atoms with Crippen LogP contribution in [0.3, 0.4) is 0 Å². The topological polar surface area (TPSA) is 12.9 Å². The number of benzene rings is 5. The number of nitrogens with zero attached hydrogens (tertiary/aromatic N) is 1. The van der Waals surface area contributed by atoms with Crippen LogP contribution in [0.4, 0.5) is 0 Å². The molecule has 0 saturated heterocycles. The van der Waals surface area contributed by atoms with Crippen LogP contribution in [0.25, 0.3) is 32.1 Å². The first kappa shape index (κ1) is 52.5. The fraction of sp³-hybridized carbons (Fsp3) is 0.470. The van der Waals surface area contributed by atoms with E-state index in [0.717, 1.165) is 18.5 Å². The van der Waals surface area contributed by atoms with Gasteiger partial charge < -0.3 is 0 Å². The third-order valence-corrected chi connectivity index (χ3v) is 22.7. The molecular weight excluding hydrogens is 867 g/mol. The maximum absolute atomic E-state index is 5.42. The Balaban J connectivity index is 1.80. The number of aryl methyl sites for hydroxylation is 1. The van der Waals surface area contributed by atoms with Gasteiger partial charge in [0.25, 0.3) is 0 Å². The lowest BCUT2D eigenvalue weighted by atomic mass is 9.75. The first-order valence-corrected chi connectivity index (χ1v) is 28.9. The summed E-state index contributed by atoms with van der Waals surface area (Å²) in [5.41, 5.74) is 13.1. The number of fused-ring (bicyclic) bond motifs is 2. The van der Waals surface area contributed by atoms with Crippen molar-refractivity contribution in [1.29, 1.82) is 0 Å². The molecule has 0 unspecified atom stereocenters. The Morgan fingerprint density at radius 1 is 0.449 bits per heavy atom. The quantitative estimate of drug-likeness (QED) is 0.109. The van der Waals surface area contributed by atoms with E-state index in [2.05, 4.69) is 256 Å². The smallest absolute Gasteiger partial charge is 0.191 e. The summed E-state index contributed by atoms with van der Waals surface area (Å²) in [6, 6.07) is 39.8. The molecule has 366 valence electrons. The van der Waals surface area contributed by atoms with Gasteiger partial charge in [-0.3, -0.25) is 4.98 Å². The molecular formula is C66H87NSSi. The summed E-state index contributed by atoms with van der Waals surface area (Å²) in [5, 5.41) is 8.35. The van der Waals surface area contributed by atoms with Crippen LogP contribution < -0.4 is 20.1 Å². The van der Waals surface area contributed by atoms with E-state index < -0.39 is 8.07 Å². The summed E-state index contributed by atoms with van der Waals surface area (Å²) in [4.78, 5) is 5.42. The molecule has 0 spiro atoms. The molecule has 7 rings (SSSR count). The van der Waals surface area contributed by atoms with Gasteiger partial charge in [0.15, 0.2) is 8.07 Å². The van der Waals surface area contributed by atoms with Crippen molar-refractivity contribution in [3.05, 3.63) is 148 Å². The van der Waals surface area contributed by atoms with E-state index in [0.29, 0.717) is 0 Å². The highest BCUT2D eigenvalue weighted by Gasteiger charge is 2.47. The predicted molar refractivity (Wildman–Crippen MR) is 311 cm³/mol. The molecule has 2 aromatic heterocycles. The molecule has 0 saturated carbocycles. The molecule has 0 aliphatic rings. The SMILES string of the molecule is CCC(C)(CC)c1cc(-c2nccc3c(C)c([Si](c4cc(C(C)(C)C)cc(C(C)(C)C)c4)(c4cc(C(C)(C)C)cc(C(C)(C)C)c4)c4cc(C(C)(C)C)cc(C(C)(C)C)c4)sc23)cc2ccccc12. The number of pyridine rings is 1. The average molecular weight is 955 g/mol. The Kier molecular flexibility index (Phi) is 13.5. The van der Waals surface area contributed by atoms with Crippen LogP contribution in [0.5, 0.6) is 0 Å². The lowest BCUT2D eigenvalue weighted by Gasteiger charge is -2.39. The summed E-state index contributed by atoms with van der Waals surface area (Å²) >= 11 is 2.05. The number of thiophene rings is 1. The minimum atomic E-state index is -3.32. The summed E-state index contributed by atoms with van der Waals surface area (Å²) in [5.74, 6) is 0. The zero-order valence-corrected chi connectivity index (χ0v) is 48.9. The predicted octanol–water partition coefficient (Wildman–Crippen LogP) is 16.7. The van der Waals surface area contributed by atoms with Gasteiger partial charge in [0.05, 0.1) is 10.4 Å². The molecule has 0 N–H and O–H groups in total. The van der Waals surface area contributed by atoms with Crippen molar-refractivity contribution in [1.82, 2.24) is 4.98 Å². The molecule has 5 aromatic carbocycles. The third kappa shape index (κ3) is 9.87. The average Bonchev–Trinajstić information content (AvgIpc) is 3.59. The van der Waals surface area contributed by atoms with E-state index >= 15 is 0 Å². The Bertz CT molecular complexity index is 2760. The minimum Gasteiger partial charge on any atom is -0.255 e. The van der Waals surface area contributed by atoms with Crippen molar-refractivity contribution in [3.8, 4) is 11.3 Å². The van der Waals surface area contributed by atoms with Crippen LogP contribution in [0.2, 0.25) is 0 Å². The van der Waals surface area contributed by atoms with Crippen LogP contribution in [-0.4, -0.2) is 13.1 Å². The second-order valence-electron chi connectivity index (χ2n) is 27.3. The first-order valence-electron chi connectivity index (χ1n) is 26.1. The van der Waals surface area contributed by atoms with Crippen LogP contribution in [-0.2, 0) is 37.9 Å². The molecule has 0 atom stereocenters. The van der Waals surface area contributed by atoms with E-state index in [-0.39, 0.29) is 37.9 Å². The van der Waals surface area contributed by atoms with Crippen molar-refractivity contribution in [2.24, 2.45) is 0 Å². The fourth-order valence-electron chi connectivity index (χ4n) is 10.3. The van der Waals surface area contributed by atoms with E-state index in [1.807, 2.05) is 11.3 Å². The lowest BCUT2D eigenvalue weighted by molar-refractivity contribution is 0.443. The zero-order chi connectivity index (χ0) is 51.2.